The first-order valence-corrected chi connectivity index (χ1v) is 23.9. The fourth-order valence-electron chi connectivity index (χ4n) is 5.73. The van der Waals surface area contributed by atoms with Gasteiger partial charge < -0.3 is 24.6 Å². The third-order valence-corrected chi connectivity index (χ3v) is 10.1. The summed E-state index contributed by atoms with van der Waals surface area (Å²) in [6, 6.07) is 0. The van der Waals surface area contributed by atoms with Gasteiger partial charge in [0.05, 0.1) is 26.4 Å². The van der Waals surface area contributed by atoms with Gasteiger partial charge in [0.15, 0.2) is 0 Å². The Morgan fingerprint density at radius 1 is 0.561 bits per heavy atom. The quantitative estimate of drug-likeness (QED) is 0.0238. The topological polar surface area (TPSA) is 132 Å². The number of carbonyl (C=O) groups is 1. The van der Waals surface area contributed by atoms with Crippen molar-refractivity contribution in [1.29, 1.82) is 0 Å². The Morgan fingerprint density at radius 3 is 1.53 bits per heavy atom. The second-order valence-electron chi connectivity index (χ2n) is 14.7. The monoisotopic (exact) mass is 823 g/mol. The van der Waals surface area contributed by atoms with E-state index in [1.807, 2.05) is 0 Å². The van der Waals surface area contributed by atoms with E-state index in [0.29, 0.717) is 13.0 Å². The third kappa shape index (κ3) is 43.3. The summed E-state index contributed by atoms with van der Waals surface area (Å²) >= 11 is 0. The molecule has 0 bridgehead atoms. The van der Waals surface area contributed by atoms with Crippen LogP contribution < -0.4 is 0 Å². The molecule has 3 atom stereocenters. The first-order chi connectivity index (χ1) is 27.8. The Hall–Kier alpha value is -2.10. The highest BCUT2D eigenvalue weighted by atomic mass is 31.2. The average molecular weight is 823 g/mol. The summed E-state index contributed by atoms with van der Waals surface area (Å²) in [5, 5.41) is 18.4. The molecule has 0 rings (SSSR count). The molecule has 0 aromatic heterocycles. The number of esters is 1. The Balaban J connectivity index is 4.25. The zero-order chi connectivity index (χ0) is 41.8. The van der Waals surface area contributed by atoms with E-state index in [4.69, 9.17) is 23.6 Å². The van der Waals surface area contributed by atoms with Gasteiger partial charge in [-0.25, -0.2) is 4.57 Å². The van der Waals surface area contributed by atoms with Crippen LogP contribution in [0.1, 0.15) is 174 Å². The van der Waals surface area contributed by atoms with Crippen molar-refractivity contribution in [3.05, 3.63) is 72.9 Å². The van der Waals surface area contributed by atoms with Crippen molar-refractivity contribution in [2.75, 3.05) is 33.0 Å². The number of hydrogen-bond acceptors (Lipinski definition) is 8. The largest absolute Gasteiger partial charge is 0.472 e. The highest BCUT2D eigenvalue weighted by Crippen LogP contribution is 2.43. The van der Waals surface area contributed by atoms with Gasteiger partial charge in [0.2, 0.25) is 0 Å². The normalized spacial score (nSPS) is 14.7. The molecule has 3 unspecified atom stereocenters. The molecule has 0 radical (unpaired) electrons. The number of hydrogen-bond donors (Lipinski definition) is 3. The number of allylic oxidation sites excluding steroid dienone is 12. The van der Waals surface area contributed by atoms with Crippen molar-refractivity contribution >= 4 is 13.8 Å². The molecule has 330 valence electrons. The van der Waals surface area contributed by atoms with Gasteiger partial charge in [0.25, 0.3) is 0 Å². The van der Waals surface area contributed by atoms with Crippen LogP contribution in [-0.2, 0) is 27.9 Å². The van der Waals surface area contributed by atoms with Gasteiger partial charge in [-0.2, -0.15) is 0 Å². The molecule has 9 nitrogen and oxygen atoms in total. The van der Waals surface area contributed by atoms with Crippen molar-refractivity contribution < 1.29 is 43.0 Å². The predicted molar refractivity (Wildman–Crippen MR) is 237 cm³/mol. The molecule has 0 saturated carbocycles. The Bertz CT molecular complexity index is 1110. The molecule has 0 amide bonds. The highest BCUT2D eigenvalue weighted by molar-refractivity contribution is 7.47. The molecule has 10 heteroatoms. The maximum atomic E-state index is 12.6. The number of ether oxygens (including phenoxy) is 2. The van der Waals surface area contributed by atoms with E-state index in [2.05, 4.69) is 86.8 Å². The number of phosphoric ester groups is 1. The summed E-state index contributed by atoms with van der Waals surface area (Å²) in [6.07, 6.45) is 51.4. The second-order valence-corrected chi connectivity index (χ2v) is 16.1. The standard InChI is InChI=1S/C47H83O9P/c1-3-5-7-9-11-13-15-17-19-21-22-23-25-27-29-31-33-35-37-39-47(50)56-46(44-55-57(51,52)54-42-45(49)41-48)43-53-40-38-36-34-32-30-28-26-24-20-18-16-14-12-10-8-6-4-2/h5,7,11,13,17,19-20,22-24,27,29,45-46,48-49H,3-4,6,8-10,12,14-16,18,21,25-26,28,30-44H2,1-2H3,(H,51,52)/b7-5-,13-11-,19-17-,23-22-,24-20-,29-27-. The SMILES string of the molecule is CC/C=C\C/C=C\C/C=C\C/C=C\C/C=C\CCCCCC(=O)OC(COCCCCCCCC/C=C\CCCCCCCCC)COP(=O)(O)OCC(O)CO. The third-order valence-electron chi connectivity index (χ3n) is 9.13. The lowest BCUT2D eigenvalue weighted by atomic mass is 10.1. The van der Waals surface area contributed by atoms with Gasteiger partial charge in [-0.3, -0.25) is 13.8 Å². The molecular weight excluding hydrogens is 739 g/mol. The molecule has 0 aliphatic carbocycles. The van der Waals surface area contributed by atoms with E-state index < -0.39 is 45.8 Å². The van der Waals surface area contributed by atoms with Crippen LogP contribution >= 0.6 is 7.82 Å². The molecule has 0 fully saturated rings. The predicted octanol–water partition coefficient (Wildman–Crippen LogP) is 12.5. The first kappa shape index (κ1) is 54.9. The number of aliphatic hydroxyl groups excluding tert-OH is 2. The lowest BCUT2D eigenvalue weighted by molar-refractivity contribution is -0.154. The molecule has 0 aromatic rings. The minimum atomic E-state index is -4.53. The van der Waals surface area contributed by atoms with E-state index in [0.717, 1.165) is 77.0 Å². The van der Waals surface area contributed by atoms with Crippen LogP contribution in [0.5, 0.6) is 0 Å². The number of carbonyl (C=O) groups excluding carboxylic acids is 1. The number of unbranched alkanes of at least 4 members (excludes halogenated alkanes) is 16. The Kier molecular flexibility index (Phi) is 41.9. The van der Waals surface area contributed by atoms with E-state index >= 15 is 0 Å². The van der Waals surface area contributed by atoms with Crippen LogP contribution in [0.15, 0.2) is 72.9 Å². The van der Waals surface area contributed by atoms with Crippen LogP contribution in [0.25, 0.3) is 0 Å². The summed E-state index contributed by atoms with van der Waals surface area (Å²) in [6.45, 7) is 3.33. The maximum absolute atomic E-state index is 12.6. The van der Waals surface area contributed by atoms with Crippen molar-refractivity contribution in [3.8, 4) is 0 Å². The number of rotatable bonds is 42. The second kappa shape index (κ2) is 43.5. The van der Waals surface area contributed by atoms with Crippen LogP contribution in [0.2, 0.25) is 0 Å². The number of phosphoric acid groups is 1. The summed E-state index contributed by atoms with van der Waals surface area (Å²) in [5.41, 5.74) is 0. The fourth-order valence-corrected chi connectivity index (χ4v) is 6.52. The smallest absolute Gasteiger partial charge is 0.457 e. The van der Waals surface area contributed by atoms with Gasteiger partial charge in [-0.05, 0) is 83.5 Å². The average Bonchev–Trinajstić information content (AvgIpc) is 3.20. The molecule has 0 spiro atoms. The fraction of sp³-hybridized carbons (Fsp3) is 0.723. The molecule has 0 aliphatic rings. The van der Waals surface area contributed by atoms with Crippen molar-refractivity contribution in [2.45, 2.75) is 187 Å². The maximum Gasteiger partial charge on any atom is 0.472 e. The van der Waals surface area contributed by atoms with Crippen molar-refractivity contribution in [2.24, 2.45) is 0 Å². The van der Waals surface area contributed by atoms with Crippen LogP contribution in [0, 0.1) is 0 Å². The van der Waals surface area contributed by atoms with Crippen LogP contribution in [-0.4, -0.2) is 66.3 Å². The van der Waals surface area contributed by atoms with Crippen LogP contribution in [0.3, 0.4) is 0 Å². The molecule has 0 heterocycles. The molecule has 0 aliphatic heterocycles. The zero-order valence-electron chi connectivity index (χ0n) is 36.0. The van der Waals surface area contributed by atoms with Crippen molar-refractivity contribution in [1.82, 2.24) is 0 Å². The van der Waals surface area contributed by atoms with Gasteiger partial charge >= 0.3 is 13.8 Å². The molecule has 0 saturated heterocycles. The lowest BCUT2D eigenvalue weighted by Gasteiger charge is -2.20. The van der Waals surface area contributed by atoms with Crippen molar-refractivity contribution in [3.63, 3.8) is 0 Å². The Morgan fingerprint density at radius 2 is 1.00 bits per heavy atom. The molecule has 3 N–H and O–H groups in total. The van der Waals surface area contributed by atoms with Gasteiger partial charge in [0.1, 0.15) is 12.2 Å². The van der Waals surface area contributed by atoms with Crippen LogP contribution in [0.4, 0.5) is 0 Å². The lowest BCUT2D eigenvalue weighted by Crippen LogP contribution is -2.29. The molecule has 57 heavy (non-hydrogen) atoms. The Labute approximate surface area is 348 Å². The first-order valence-electron chi connectivity index (χ1n) is 22.4. The summed E-state index contributed by atoms with van der Waals surface area (Å²) in [4.78, 5) is 22.6. The van der Waals surface area contributed by atoms with E-state index in [9.17, 15) is 19.4 Å². The van der Waals surface area contributed by atoms with Gasteiger partial charge in [-0.15, -0.1) is 0 Å². The van der Waals surface area contributed by atoms with E-state index in [1.165, 1.54) is 70.6 Å². The van der Waals surface area contributed by atoms with E-state index in [-0.39, 0.29) is 13.0 Å². The van der Waals surface area contributed by atoms with Gasteiger partial charge in [-0.1, -0.05) is 157 Å². The summed E-state index contributed by atoms with van der Waals surface area (Å²) in [5.74, 6) is -0.417. The minimum absolute atomic E-state index is 0.0280. The van der Waals surface area contributed by atoms with E-state index in [1.54, 1.807) is 0 Å². The van der Waals surface area contributed by atoms with Gasteiger partial charge in [0, 0.05) is 13.0 Å². The molecular formula is C47H83O9P. The molecule has 0 aromatic carbocycles. The zero-order valence-corrected chi connectivity index (χ0v) is 36.9. The minimum Gasteiger partial charge on any atom is -0.457 e. The summed E-state index contributed by atoms with van der Waals surface area (Å²) in [7, 11) is -4.53. The number of aliphatic hydroxyl groups is 2. The summed E-state index contributed by atoms with van der Waals surface area (Å²) < 4.78 is 33.4. The highest BCUT2D eigenvalue weighted by Gasteiger charge is 2.26.